The SMILES string of the molecule is COCCCC(=O)c1ccc(-c2nc(C3(c4ccc(Br)cc4)CCC3)no2)cn1. The number of hydrogen-bond acceptors (Lipinski definition) is 6. The van der Waals surface area contributed by atoms with Gasteiger partial charge in [-0.25, -0.2) is 0 Å². The van der Waals surface area contributed by atoms with Crippen LogP contribution in [0.1, 0.15) is 54.0 Å². The van der Waals surface area contributed by atoms with Gasteiger partial charge >= 0.3 is 0 Å². The summed E-state index contributed by atoms with van der Waals surface area (Å²) in [5, 5.41) is 4.29. The largest absolute Gasteiger partial charge is 0.385 e. The second-order valence-electron chi connectivity index (χ2n) is 7.32. The van der Waals surface area contributed by atoms with E-state index in [1.54, 1.807) is 25.4 Å². The van der Waals surface area contributed by atoms with Gasteiger partial charge in [0, 0.05) is 30.8 Å². The number of halogens is 1. The lowest BCUT2D eigenvalue weighted by Gasteiger charge is -2.39. The monoisotopic (exact) mass is 455 g/mol. The lowest BCUT2D eigenvalue weighted by Crippen LogP contribution is -2.36. The topological polar surface area (TPSA) is 78.1 Å². The number of carbonyl (C=O) groups excluding carboxylic acids is 1. The number of Topliss-reactive ketones (excluding diaryl/α,β-unsaturated/α-hetero) is 1. The molecule has 1 fully saturated rings. The Morgan fingerprint density at radius 1 is 1.21 bits per heavy atom. The number of pyridine rings is 1. The normalized spacial score (nSPS) is 15.1. The highest BCUT2D eigenvalue weighted by Gasteiger charge is 2.44. The second-order valence-corrected chi connectivity index (χ2v) is 8.23. The van der Waals surface area contributed by atoms with Crippen LogP contribution in [0.15, 0.2) is 51.6 Å². The fourth-order valence-corrected chi connectivity index (χ4v) is 3.93. The van der Waals surface area contributed by atoms with Crippen LogP contribution in [0.2, 0.25) is 0 Å². The molecule has 0 unspecified atom stereocenters. The number of nitrogens with zero attached hydrogens (tertiary/aromatic N) is 3. The van der Waals surface area contributed by atoms with E-state index in [9.17, 15) is 4.79 Å². The van der Waals surface area contributed by atoms with Gasteiger partial charge < -0.3 is 9.26 Å². The van der Waals surface area contributed by atoms with Gasteiger partial charge in [0.05, 0.1) is 11.0 Å². The third kappa shape index (κ3) is 4.02. The highest BCUT2D eigenvalue weighted by atomic mass is 79.9. The van der Waals surface area contributed by atoms with Gasteiger partial charge in [0.1, 0.15) is 5.69 Å². The standard InChI is InChI=1S/C22H22BrN3O3/c1-28-13-2-4-19(27)18-10-5-15(14-24-18)20-25-21(26-29-20)22(11-3-12-22)16-6-8-17(23)9-7-16/h5-10,14H,2-4,11-13H2,1H3. The molecule has 150 valence electrons. The fourth-order valence-electron chi connectivity index (χ4n) is 3.67. The number of ketones is 1. The van der Waals surface area contributed by atoms with Crippen molar-refractivity contribution in [1.29, 1.82) is 0 Å². The van der Waals surface area contributed by atoms with Crippen molar-refractivity contribution in [3.63, 3.8) is 0 Å². The first-order chi connectivity index (χ1) is 14.1. The minimum absolute atomic E-state index is 0.00322. The van der Waals surface area contributed by atoms with Gasteiger partial charge in [0.25, 0.3) is 5.89 Å². The summed E-state index contributed by atoms with van der Waals surface area (Å²) in [5.74, 6) is 1.14. The summed E-state index contributed by atoms with van der Waals surface area (Å²) >= 11 is 3.49. The Hall–Kier alpha value is -2.38. The van der Waals surface area contributed by atoms with Crippen LogP contribution < -0.4 is 0 Å². The number of methoxy groups -OCH3 is 1. The van der Waals surface area contributed by atoms with E-state index < -0.39 is 0 Å². The molecule has 29 heavy (non-hydrogen) atoms. The van der Waals surface area contributed by atoms with Gasteiger partial charge in [-0.05, 0) is 49.1 Å². The number of rotatable bonds is 8. The zero-order valence-electron chi connectivity index (χ0n) is 16.2. The molecule has 0 bridgehead atoms. The lowest BCUT2D eigenvalue weighted by molar-refractivity contribution is 0.0958. The smallest absolute Gasteiger partial charge is 0.259 e. The molecule has 0 saturated heterocycles. The van der Waals surface area contributed by atoms with Crippen LogP contribution in [-0.2, 0) is 10.2 Å². The van der Waals surface area contributed by atoms with Gasteiger partial charge in [0.15, 0.2) is 11.6 Å². The van der Waals surface area contributed by atoms with Crippen molar-refractivity contribution in [3.05, 3.63) is 64.1 Å². The van der Waals surface area contributed by atoms with Crippen molar-refractivity contribution in [1.82, 2.24) is 15.1 Å². The van der Waals surface area contributed by atoms with Gasteiger partial charge in [-0.1, -0.05) is 39.6 Å². The zero-order valence-corrected chi connectivity index (χ0v) is 17.8. The Morgan fingerprint density at radius 3 is 2.62 bits per heavy atom. The van der Waals surface area contributed by atoms with E-state index in [0.717, 1.165) is 23.7 Å². The van der Waals surface area contributed by atoms with Gasteiger partial charge in [-0.2, -0.15) is 4.98 Å². The number of benzene rings is 1. The third-order valence-electron chi connectivity index (χ3n) is 5.51. The van der Waals surface area contributed by atoms with Crippen LogP contribution in [0.25, 0.3) is 11.5 Å². The molecule has 7 heteroatoms. The maximum absolute atomic E-state index is 12.2. The van der Waals surface area contributed by atoms with Crippen LogP contribution in [0, 0.1) is 0 Å². The van der Waals surface area contributed by atoms with Crippen molar-refractivity contribution in [3.8, 4) is 11.5 Å². The molecular weight excluding hydrogens is 434 g/mol. The first-order valence-electron chi connectivity index (χ1n) is 9.71. The van der Waals surface area contributed by atoms with Crippen molar-refractivity contribution in [2.75, 3.05) is 13.7 Å². The molecule has 1 aromatic carbocycles. The molecular formula is C22H22BrN3O3. The molecule has 2 aromatic heterocycles. The van der Waals surface area contributed by atoms with Gasteiger partial charge in [-0.15, -0.1) is 0 Å². The van der Waals surface area contributed by atoms with E-state index in [4.69, 9.17) is 9.26 Å². The summed E-state index contributed by atoms with van der Waals surface area (Å²) in [4.78, 5) is 21.1. The summed E-state index contributed by atoms with van der Waals surface area (Å²) in [7, 11) is 1.63. The quantitative estimate of drug-likeness (QED) is 0.352. The maximum Gasteiger partial charge on any atom is 0.259 e. The zero-order chi connectivity index (χ0) is 20.3. The van der Waals surface area contributed by atoms with Crippen LogP contribution in [0.3, 0.4) is 0 Å². The molecule has 0 spiro atoms. The van der Waals surface area contributed by atoms with Gasteiger partial charge in [0.2, 0.25) is 0 Å². The van der Waals surface area contributed by atoms with E-state index in [-0.39, 0.29) is 11.2 Å². The molecule has 0 amide bonds. The molecule has 6 nitrogen and oxygen atoms in total. The summed E-state index contributed by atoms with van der Waals surface area (Å²) in [5.41, 5.74) is 2.17. The molecule has 4 rings (SSSR count). The van der Waals surface area contributed by atoms with E-state index in [0.29, 0.717) is 42.4 Å². The Bertz CT molecular complexity index is 979. The predicted octanol–water partition coefficient (Wildman–Crippen LogP) is 4.97. The molecule has 1 saturated carbocycles. The molecule has 0 N–H and O–H groups in total. The number of aromatic nitrogens is 3. The summed E-state index contributed by atoms with van der Waals surface area (Å²) in [6.45, 7) is 0.564. The second kappa shape index (κ2) is 8.55. The Balaban J connectivity index is 1.53. The summed E-state index contributed by atoms with van der Waals surface area (Å²) < 4.78 is 11.6. The fraction of sp³-hybridized carbons (Fsp3) is 0.364. The lowest BCUT2D eigenvalue weighted by atomic mass is 9.64. The van der Waals surface area contributed by atoms with Gasteiger partial charge in [-0.3, -0.25) is 9.78 Å². The van der Waals surface area contributed by atoms with E-state index >= 15 is 0 Å². The van der Waals surface area contributed by atoms with Crippen LogP contribution >= 0.6 is 15.9 Å². The third-order valence-corrected chi connectivity index (χ3v) is 6.04. The minimum Gasteiger partial charge on any atom is -0.385 e. The molecule has 2 heterocycles. The Kier molecular flexibility index (Phi) is 5.87. The molecule has 3 aromatic rings. The molecule has 1 aliphatic rings. The maximum atomic E-state index is 12.2. The van der Waals surface area contributed by atoms with E-state index in [1.165, 1.54) is 5.56 Å². The molecule has 1 aliphatic carbocycles. The number of hydrogen-bond donors (Lipinski definition) is 0. The minimum atomic E-state index is -0.187. The Labute approximate surface area is 177 Å². The molecule has 0 radical (unpaired) electrons. The van der Waals surface area contributed by atoms with Crippen LogP contribution in [-0.4, -0.2) is 34.6 Å². The summed E-state index contributed by atoms with van der Waals surface area (Å²) in [6, 6.07) is 11.8. The van der Waals surface area contributed by atoms with Crippen LogP contribution in [0.4, 0.5) is 0 Å². The predicted molar refractivity (Wildman–Crippen MR) is 112 cm³/mol. The molecule has 0 atom stereocenters. The van der Waals surface area contributed by atoms with Crippen LogP contribution in [0.5, 0.6) is 0 Å². The first kappa shape index (κ1) is 19.9. The van der Waals surface area contributed by atoms with Crippen molar-refractivity contribution < 1.29 is 14.1 Å². The average molecular weight is 456 g/mol. The number of ether oxygens (including phenoxy) is 1. The van der Waals surface area contributed by atoms with Crippen molar-refractivity contribution >= 4 is 21.7 Å². The molecule has 0 aliphatic heterocycles. The first-order valence-corrected chi connectivity index (χ1v) is 10.5. The summed E-state index contributed by atoms with van der Waals surface area (Å²) in [6.07, 6.45) is 5.86. The Morgan fingerprint density at radius 2 is 2.00 bits per heavy atom. The highest BCUT2D eigenvalue weighted by Crippen LogP contribution is 2.48. The van der Waals surface area contributed by atoms with E-state index in [2.05, 4.69) is 43.2 Å². The average Bonchev–Trinajstić information content (AvgIpc) is 3.19. The number of carbonyl (C=O) groups is 1. The van der Waals surface area contributed by atoms with Crippen molar-refractivity contribution in [2.24, 2.45) is 0 Å². The van der Waals surface area contributed by atoms with E-state index in [1.807, 2.05) is 12.1 Å². The highest BCUT2D eigenvalue weighted by molar-refractivity contribution is 9.10. The van der Waals surface area contributed by atoms with Crippen molar-refractivity contribution in [2.45, 2.75) is 37.5 Å².